The third-order valence-corrected chi connectivity index (χ3v) is 2.93. The maximum Gasteiger partial charge on any atom is 0.267 e. The van der Waals surface area contributed by atoms with Crippen LogP contribution in [-0.2, 0) is 6.54 Å². The summed E-state index contributed by atoms with van der Waals surface area (Å²) in [6.07, 6.45) is 3.39. The molecule has 2 heterocycles. The van der Waals surface area contributed by atoms with Crippen LogP contribution in [0.25, 0.3) is 0 Å². The van der Waals surface area contributed by atoms with Crippen molar-refractivity contribution in [1.29, 1.82) is 0 Å². The third kappa shape index (κ3) is 2.23. The zero-order chi connectivity index (χ0) is 13.1. The topological polar surface area (TPSA) is 85.8 Å². The number of aromatic nitrogens is 3. The maximum atomic E-state index is 11.6. The van der Waals surface area contributed by atoms with Crippen LogP contribution in [0, 0.1) is 13.8 Å². The van der Waals surface area contributed by atoms with E-state index in [4.69, 9.17) is 5.84 Å². The lowest BCUT2D eigenvalue weighted by Gasteiger charge is -2.09. The molecule has 0 unspecified atom stereocenters. The van der Waals surface area contributed by atoms with Gasteiger partial charge in [0.05, 0.1) is 29.8 Å². The molecular weight excluding hydrogens is 230 g/mol. The smallest absolute Gasteiger partial charge is 0.267 e. The van der Waals surface area contributed by atoms with Gasteiger partial charge in [-0.1, -0.05) is 0 Å². The van der Waals surface area contributed by atoms with Crippen molar-refractivity contribution in [3.63, 3.8) is 0 Å². The molecule has 1 amide bonds. The number of carbonyl (C=O) groups excluding carboxylic acids is 1. The number of carbonyl (C=O) groups is 1. The van der Waals surface area contributed by atoms with Gasteiger partial charge in [0.1, 0.15) is 0 Å². The lowest BCUT2D eigenvalue weighted by Crippen LogP contribution is -2.31. The number of hydrazine groups is 1. The first kappa shape index (κ1) is 12.3. The zero-order valence-corrected chi connectivity index (χ0v) is 10.3. The summed E-state index contributed by atoms with van der Waals surface area (Å²) in [7, 11) is 0. The predicted molar refractivity (Wildman–Crippen MR) is 66.7 cm³/mol. The van der Waals surface area contributed by atoms with Gasteiger partial charge in [-0.2, -0.15) is 0 Å². The van der Waals surface area contributed by atoms with E-state index in [2.05, 4.69) is 15.4 Å². The van der Waals surface area contributed by atoms with Crippen LogP contribution in [0.4, 0.5) is 0 Å². The van der Waals surface area contributed by atoms with Crippen LogP contribution in [0.15, 0.2) is 24.7 Å². The number of nitrogens with one attached hydrogen (secondary N) is 1. The summed E-state index contributed by atoms with van der Waals surface area (Å²) in [6, 6.07) is 3.41. The van der Waals surface area contributed by atoms with Crippen molar-refractivity contribution in [2.24, 2.45) is 5.84 Å². The molecule has 6 heteroatoms. The molecule has 0 saturated carbocycles. The molecule has 2 rings (SSSR count). The van der Waals surface area contributed by atoms with Gasteiger partial charge in [-0.05, 0) is 26.0 Å². The van der Waals surface area contributed by atoms with Crippen LogP contribution in [-0.4, -0.2) is 20.4 Å². The molecule has 0 aliphatic rings. The first-order valence-electron chi connectivity index (χ1n) is 5.56. The Morgan fingerprint density at radius 2 is 2.22 bits per heavy atom. The summed E-state index contributed by atoms with van der Waals surface area (Å²) in [5.74, 6) is 4.81. The second-order valence-corrected chi connectivity index (χ2v) is 4.01. The molecule has 0 radical (unpaired) electrons. The van der Waals surface area contributed by atoms with Gasteiger partial charge in [0.15, 0.2) is 0 Å². The van der Waals surface area contributed by atoms with Gasteiger partial charge in [0, 0.05) is 11.9 Å². The molecular formula is C12H15N5O. The Morgan fingerprint density at radius 3 is 2.83 bits per heavy atom. The molecule has 0 aromatic carbocycles. The van der Waals surface area contributed by atoms with Gasteiger partial charge >= 0.3 is 0 Å². The highest BCUT2D eigenvalue weighted by Crippen LogP contribution is 2.11. The van der Waals surface area contributed by atoms with Crippen molar-refractivity contribution in [2.75, 3.05) is 0 Å². The van der Waals surface area contributed by atoms with E-state index in [9.17, 15) is 4.79 Å². The third-order valence-electron chi connectivity index (χ3n) is 2.93. The minimum Gasteiger partial charge on any atom is -0.329 e. The molecule has 3 N–H and O–H groups in total. The number of amides is 1. The lowest BCUT2D eigenvalue weighted by atomic mass is 10.2. The number of aryl methyl sites for hydroxylation is 1. The minimum absolute atomic E-state index is 0.340. The molecule has 2 aromatic heterocycles. The molecule has 94 valence electrons. The molecule has 0 fully saturated rings. The molecule has 0 aliphatic carbocycles. The SMILES string of the molecule is Cc1ncn(Cc2ncccc2C(=O)NN)c1C. The number of nitrogens with zero attached hydrogens (tertiary/aromatic N) is 3. The average Bonchev–Trinajstić information content (AvgIpc) is 2.70. The van der Waals surface area contributed by atoms with E-state index in [0.29, 0.717) is 17.8 Å². The van der Waals surface area contributed by atoms with Gasteiger partial charge < -0.3 is 4.57 Å². The number of hydrogen-bond acceptors (Lipinski definition) is 4. The van der Waals surface area contributed by atoms with E-state index in [1.54, 1.807) is 24.7 Å². The summed E-state index contributed by atoms with van der Waals surface area (Å²) in [5.41, 5.74) is 5.29. The van der Waals surface area contributed by atoms with E-state index in [-0.39, 0.29) is 5.91 Å². The fraction of sp³-hybridized carbons (Fsp3) is 0.250. The molecule has 0 aliphatic heterocycles. The minimum atomic E-state index is -0.340. The highest BCUT2D eigenvalue weighted by atomic mass is 16.2. The van der Waals surface area contributed by atoms with Crippen LogP contribution < -0.4 is 11.3 Å². The number of rotatable bonds is 3. The Bertz CT molecular complexity index is 576. The standard InChI is InChI=1S/C12H15N5O/c1-8-9(2)17(7-15-8)6-11-10(12(18)16-13)4-3-5-14-11/h3-5,7H,6,13H2,1-2H3,(H,16,18). The largest absolute Gasteiger partial charge is 0.329 e. The fourth-order valence-electron chi connectivity index (χ4n) is 1.71. The van der Waals surface area contributed by atoms with E-state index in [1.165, 1.54) is 0 Å². The van der Waals surface area contributed by atoms with Crippen LogP contribution in [0.2, 0.25) is 0 Å². The van der Waals surface area contributed by atoms with Crippen LogP contribution in [0.3, 0.4) is 0 Å². The number of pyridine rings is 1. The van der Waals surface area contributed by atoms with Crippen molar-refractivity contribution in [3.05, 3.63) is 47.3 Å². The summed E-state index contributed by atoms with van der Waals surface area (Å²) in [4.78, 5) is 20.1. The number of imidazole rings is 1. The van der Waals surface area contributed by atoms with Gasteiger partial charge in [0.25, 0.3) is 5.91 Å². The van der Waals surface area contributed by atoms with Crippen molar-refractivity contribution in [1.82, 2.24) is 20.0 Å². The Balaban J connectivity index is 2.35. The predicted octanol–water partition coefficient (Wildman–Crippen LogP) is 0.547. The summed E-state index contributed by atoms with van der Waals surface area (Å²) < 4.78 is 1.95. The van der Waals surface area contributed by atoms with Crippen molar-refractivity contribution < 1.29 is 4.79 Å². The van der Waals surface area contributed by atoms with E-state index < -0.39 is 0 Å². The zero-order valence-electron chi connectivity index (χ0n) is 10.3. The summed E-state index contributed by atoms with van der Waals surface area (Å²) >= 11 is 0. The fourth-order valence-corrected chi connectivity index (χ4v) is 1.71. The highest BCUT2D eigenvalue weighted by molar-refractivity contribution is 5.94. The van der Waals surface area contributed by atoms with Gasteiger partial charge in [-0.25, -0.2) is 10.8 Å². The molecule has 0 spiro atoms. The quantitative estimate of drug-likeness (QED) is 0.469. The number of nitrogen functional groups attached to an aromatic ring is 1. The van der Waals surface area contributed by atoms with E-state index in [1.807, 2.05) is 18.4 Å². The van der Waals surface area contributed by atoms with E-state index >= 15 is 0 Å². The van der Waals surface area contributed by atoms with Crippen molar-refractivity contribution in [3.8, 4) is 0 Å². The molecule has 0 saturated heterocycles. The normalized spacial score (nSPS) is 10.4. The molecule has 6 nitrogen and oxygen atoms in total. The second-order valence-electron chi connectivity index (χ2n) is 4.01. The Labute approximate surface area is 105 Å². The average molecular weight is 245 g/mol. The van der Waals surface area contributed by atoms with Crippen LogP contribution >= 0.6 is 0 Å². The van der Waals surface area contributed by atoms with Crippen molar-refractivity contribution in [2.45, 2.75) is 20.4 Å². The summed E-state index contributed by atoms with van der Waals surface area (Å²) in [5, 5.41) is 0. The monoisotopic (exact) mass is 245 g/mol. The first-order chi connectivity index (χ1) is 8.63. The maximum absolute atomic E-state index is 11.6. The number of hydrogen-bond donors (Lipinski definition) is 2. The Morgan fingerprint density at radius 1 is 1.44 bits per heavy atom. The van der Waals surface area contributed by atoms with Crippen LogP contribution in [0.1, 0.15) is 27.4 Å². The van der Waals surface area contributed by atoms with Gasteiger partial charge in [0.2, 0.25) is 0 Å². The van der Waals surface area contributed by atoms with E-state index in [0.717, 1.165) is 11.4 Å². The summed E-state index contributed by atoms with van der Waals surface area (Å²) in [6.45, 7) is 4.42. The van der Waals surface area contributed by atoms with Crippen LogP contribution in [0.5, 0.6) is 0 Å². The second kappa shape index (κ2) is 4.97. The Kier molecular flexibility index (Phi) is 3.38. The van der Waals surface area contributed by atoms with Crippen molar-refractivity contribution >= 4 is 5.91 Å². The molecule has 2 aromatic rings. The highest BCUT2D eigenvalue weighted by Gasteiger charge is 2.12. The molecule has 0 bridgehead atoms. The van der Waals surface area contributed by atoms with Gasteiger partial charge in [-0.3, -0.25) is 15.2 Å². The van der Waals surface area contributed by atoms with Gasteiger partial charge in [-0.15, -0.1) is 0 Å². The number of nitrogens with two attached hydrogens (primary N) is 1. The molecule has 18 heavy (non-hydrogen) atoms. The molecule has 0 atom stereocenters. The Hall–Kier alpha value is -2.21. The lowest BCUT2D eigenvalue weighted by molar-refractivity contribution is 0.0952. The first-order valence-corrected chi connectivity index (χ1v) is 5.56.